The number of nitrogens with zero attached hydrogens (tertiary/aromatic N) is 4. The molecule has 0 radical (unpaired) electrons. The number of aryl methyl sites for hydroxylation is 1. The van der Waals surface area contributed by atoms with E-state index in [9.17, 15) is 4.79 Å². The second-order valence-corrected chi connectivity index (χ2v) is 12.0. The van der Waals surface area contributed by atoms with E-state index in [4.69, 9.17) is 4.74 Å². The molecule has 1 heterocycles. The third kappa shape index (κ3) is 8.33. The molecule has 0 bridgehead atoms. The van der Waals surface area contributed by atoms with E-state index in [1.165, 1.54) is 17.3 Å². The lowest BCUT2D eigenvalue weighted by molar-refractivity contribution is -0.120. The minimum atomic E-state index is -0.482. The van der Waals surface area contributed by atoms with Crippen molar-refractivity contribution in [2.45, 2.75) is 37.4 Å². The Morgan fingerprint density at radius 1 is 1.00 bits per heavy atom. The summed E-state index contributed by atoms with van der Waals surface area (Å²) < 4.78 is 8.99. The Labute approximate surface area is 263 Å². The molecule has 1 aromatic heterocycles. The third-order valence-electron chi connectivity index (χ3n) is 6.45. The van der Waals surface area contributed by atoms with Gasteiger partial charge in [-0.2, -0.15) is 5.10 Å². The Morgan fingerprint density at radius 2 is 1.77 bits per heavy atom. The van der Waals surface area contributed by atoms with Crippen molar-refractivity contribution < 1.29 is 9.53 Å². The molecule has 0 aliphatic rings. The molecule has 1 amide bonds. The zero-order valence-corrected chi connectivity index (χ0v) is 26.2. The smallest absolute Gasteiger partial charge is 0.253 e. The summed E-state index contributed by atoms with van der Waals surface area (Å²) in [7, 11) is 0. The zero-order valence-electron chi connectivity index (χ0n) is 23.8. The summed E-state index contributed by atoms with van der Waals surface area (Å²) in [4.78, 5) is 13.0. The molecule has 0 aliphatic carbocycles. The summed E-state index contributed by atoms with van der Waals surface area (Å²) >= 11 is 4.81. The van der Waals surface area contributed by atoms with Crippen molar-refractivity contribution in [3.05, 3.63) is 130 Å². The van der Waals surface area contributed by atoms with E-state index in [2.05, 4.69) is 61.0 Å². The highest BCUT2D eigenvalue weighted by Crippen LogP contribution is 2.26. The number of hydrogen-bond acceptors (Lipinski definition) is 7. The van der Waals surface area contributed by atoms with Crippen LogP contribution in [0.2, 0.25) is 0 Å². The first-order valence-corrected chi connectivity index (χ1v) is 15.4. The molecule has 8 nitrogen and oxygen atoms in total. The number of hydrazone groups is 1. The number of amides is 1. The number of anilines is 1. The summed E-state index contributed by atoms with van der Waals surface area (Å²) in [5.74, 6) is 1.15. The van der Waals surface area contributed by atoms with Gasteiger partial charge in [0.05, 0.1) is 18.0 Å². The number of hydrogen-bond donors (Lipinski definition) is 2. The van der Waals surface area contributed by atoms with Crippen molar-refractivity contribution >= 4 is 45.5 Å². The Balaban J connectivity index is 1.23. The fourth-order valence-corrected chi connectivity index (χ4v) is 5.48. The Hall–Kier alpha value is -4.41. The van der Waals surface area contributed by atoms with Crippen LogP contribution in [0.25, 0.3) is 5.69 Å². The summed E-state index contributed by atoms with van der Waals surface area (Å²) in [6.07, 6.45) is 1.59. The van der Waals surface area contributed by atoms with Gasteiger partial charge in [-0.25, -0.2) is 5.43 Å². The summed E-state index contributed by atoms with van der Waals surface area (Å²) in [6, 6.07) is 33.6. The number of thioether (sulfide) groups is 1. The average Bonchev–Trinajstić information content (AvgIpc) is 3.42. The summed E-state index contributed by atoms with van der Waals surface area (Å²) in [6.45, 7) is 4.76. The van der Waals surface area contributed by atoms with Crippen LogP contribution < -0.4 is 15.5 Å². The van der Waals surface area contributed by atoms with E-state index in [0.29, 0.717) is 24.1 Å². The number of carbonyl (C=O) groups excluding carboxylic acids is 1. The van der Waals surface area contributed by atoms with Gasteiger partial charge in [0.2, 0.25) is 0 Å². The predicted octanol–water partition coefficient (Wildman–Crippen LogP) is 7.16. The largest absolute Gasteiger partial charge is 0.488 e. The molecular formula is C33H31BrN6O2S. The summed E-state index contributed by atoms with van der Waals surface area (Å²) in [5.41, 5.74) is 7.56. The SMILES string of the molecule is Cc1ccc(NCc2nnc(SC(C)C(=O)NN=Cc3ccccc3OCc3cccc(Br)c3)n2-c2ccccc2)cc1. The van der Waals surface area contributed by atoms with Gasteiger partial charge in [-0.3, -0.25) is 9.36 Å². The van der Waals surface area contributed by atoms with Gasteiger partial charge in [-0.1, -0.05) is 87.9 Å². The van der Waals surface area contributed by atoms with Crippen LogP contribution in [0.3, 0.4) is 0 Å². The lowest BCUT2D eigenvalue weighted by Crippen LogP contribution is -2.27. The number of nitrogens with one attached hydrogen (secondary N) is 2. The molecule has 1 atom stereocenters. The van der Waals surface area contributed by atoms with Gasteiger partial charge in [0.1, 0.15) is 12.4 Å². The quantitative estimate of drug-likeness (QED) is 0.0842. The Morgan fingerprint density at radius 3 is 2.56 bits per heavy atom. The molecule has 1 unspecified atom stereocenters. The second-order valence-electron chi connectivity index (χ2n) is 9.74. The number of aromatic nitrogens is 3. The van der Waals surface area contributed by atoms with Gasteiger partial charge in [0.25, 0.3) is 5.91 Å². The molecule has 0 fully saturated rings. The van der Waals surface area contributed by atoms with Gasteiger partial charge in [-0.15, -0.1) is 10.2 Å². The molecule has 5 aromatic rings. The molecule has 0 saturated carbocycles. The van der Waals surface area contributed by atoms with Crippen LogP contribution in [-0.4, -0.2) is 32.1 Å². The van der Waals surface area contributed by atoms with Crippen molar-refractivity contribution in [1.29, 1.82) is 0 Å². The number of halogens is 1. The molecule has 43 heavy (non-hydrogen) atoms. The van der Waals surface area contributed by atoms with Gasteiger partial charge in [-0.05, 0) is 67.9 Å². The fraction of sp³-hybridized carbons (Fsp3) is 0.152. The van der Waals surface area contributed by atoms with E-state index >= 15 is 0 Å². The minimum Gasteiger partial charge on any atom is -0.488 e. The van der Waals surface area contributed by atoms with Gasteiger partial charge in [0.15, 0.2) is 11.0 Å². The van der Waals surface area contributed by atoms with E-state index in [1.807, 2.05) is 102 Å². The van der Waals surface area contributed by atoms with E-state index in [0.717, 1.165) is 32.8 Å². The molecule has 2 N–H and O–H groups in total. The van der Waals surface area contributed by atoms with Crippen LogP contribution in [0.1, 0.15) is 29.4 Å². The predicted molar refractivity (Wildman–Crippen MR) is 176 cm³/mol. The maximum atomic E-state index is 13.0. The van der Waals surface area contributed by atoms with Crippen LogP contribution in [0.5, 0.6) is 5.75 Å². The van der Waals surface area contributed by atoms with Gasteiger partial charge >= 0.3 is 0 Å². The van der Waals surface area contributed by atoms with Crippen molar-refractivity contribution in [2.75, 3.05) is 5.32 Å². The zero-order chi connectivity index (χ0) is 30.0. The molecule has 10 heteroatoms. The standard InChI is InChI=1S/C33H31BrN6O2S/c1-23-15-17-28(18-16-23)35-21-31-37-39-33(40(31)29-12-4-3-5-13-29)43-24(2)32(41)38-36-20-26-10-6-7-14-30(26)42-22-25-9-8-11-27(34)19-25/h3-20,24,35H,21-22H2,1-2H3,(H,38,41). The van der Waals surface area contributed by atoms with E-state index in [-0.39, 0.29) is 5.91 Å². The highest BCUT2D eigenvalue weighted by atomic mass is 79.9. The highest BCUT2D eigenvalue weighted by Gasteiger charge is 2.21. The molecule has 0 saturated heterocycles. The lowest BCUT2D eigenvalue weighted by atomic mass is 10.2. The molecular weight excluding hydrogens is 624 g/mol. The monoisotopic (exact) mass is 654 g/mol. The third-order valence-corrected chi connectivity index (χ3v) is 7.99. The van der Waals surface area contributed by atoms with Crippen molar-refractivity contribution in [3.8, 4) is 11.4 Å². The normalized spacial score (nSPS) is 11.8. The number of para-hydroxylation sites is 2. The first kappa shape index (κ1) is 30.1. The number of benzene rings is 4. The average molecular weight is 656 g/mol. The Bertz CT molecular complexity index is 1690. The first-order valence-electron chi connectivity index (χ1n) is 13.7. The highest BCUT2D eigenvalue weighted by molar-refractivity contribution is 9.10. The number of ether oxygens (including phenoxy) is 1. The van der Waals surface area contributed by atoms with Gasteiger partial charge in [0, 0.05) is 21.4 Å². The molecule has 218 valence electrons. The van der Waals surface area contributed by atoms with Crippen LogP contribution >= 0.6 is 27.7 Å². The second kappa shape index (κ2) is 14.7. The number of carbonyl (C=O) groups is 1. The fourth-order valence-electron chi connectivity index (χ4n) is 4.15. The van der Waals surface area contributed by atoms with Crippen LogP contribution in [0.4, 0.5) is 5.69 Å². The Kier molecular flexibility index (Phi) is 10.2. The number of rotatable bonds is 12. The minimum absolute atomic E-state index is 0.254. The van der Waals surface area contributed by atoms with E-state index in [1.54, 1.807) is 6.21 Å². The summed E-state index contributed by atoms with van der Waals surface area (Å²) in [5, 5.41) is 16.6. The van der Waals surface area contributed by atoms with E-state index < -0.39 is 5.25 Å². The maximum absolute atomic E-state index is 13.0. The van der Waals surface area contributed by atoms with Crippen molar-refractivity contribution in [1.82, 2.24) is 20.2 Å². The van der Waals surface area contributed by atoms with Crippen LogP contribution in [0, 0.1) is 6.92 Å². The lowest BCUT2D eigenvalue weighted by Gasteiger charge is -2.13. The molecule has 0 spiro atoms. The molecule has 0 aliphatic heterocycles. The maximum Gasteiger partial charge on any atom is 0.253 e. The first-order chi connectivity index (χ1) is 21.0. The van der Waals surface area contributed by atoms with Crippen LogP contribution in [0.15, 0.2) is 118 Å². The topological polar surface area (TPSA) is 93.4 Å². The molecule has 5 rings (SSSR count). The molecule has 4 aromatic carbocycles. The van der Waals surface area contributed by atoms with Crippen molar-refractivity contribution in [2.24, 2.45) is 5.10 Å². The van der Waals surface area contributed by atoms with Crippen LogP contribution in [-0.2, 0) is 17.9 Å². The van der Waals surface area contributed by atoms with Crippen molar-refractivity contribution in [3.63, 3.8) is 0 Å². The van der Waals surface area contributed by atoms with Gasteiger partial charge < -0.3 is 10.1 Å².